The van der Waals surface area contributed by atoms with E-state index < -0.39 is 17.5 Å². The Morgan fingerprint density at radius 2 is 2.22 bits per heavy atom. The molecular weight excluding hydrogens is 240 g/mol. The normalized spacial score (nSPS) is 10.4. The van der Waals surface area contributed by atoms with Crippen LogP contribution in [-0.2, 0) is 13.6 Å². The minimum absolute atomic E-state index is 0.151. The standard InChI is InChI=1S/C12H11F2N3O/c1-17-5-4-15-11(17)7-16-12(18)9-6-8(13)2-3-10(9)14/h2-6H,7H2,1H3,(H,16,18). The molecule has 0 unspecified atom stereocenters. The number of hydrogen-bond donors (Lipinski definition) is 1. The first-order valence-electron chi connectivity index (χ1n) is 5.27. The number of nitrogens with zero attached hydrogens (tertiary/aromatic N) is 2. The quantitative estimate of drug-likeness (QED) is 0.901. The predicted molar refractivity (Wildman–Crippen MR) is 60.7 cm³/mol. The number of rotatable bonds is 3. The third-order valence-electron chi connectivity index (χ3n) is 2.50. The molecule has 1 heterocycles. The maximum Gasteiger partial charge on any atom is 0.254 e. The first-order valence-corrected chi connectivity index (χ1v) is 5.27. The second kappa shape index (κ2) is 4.95. The van der Waals surface area contributed by atoms with E-state index in [1.807, 2.05) is 0 Å². The van der Waals surface area contributed by atoms with Crippen LogP contribution in [0.25, 0.3) is 0 Å². The number of amides is 1. The van der Waals surface area contributed by atoms with Gasteiger partial charge >= 0.3 is 0 Å². The zero-order chi connectivity index (χ0) is 13.1. The van der Waals surface area contributed by atoms with Gasteiger partial charge < -0.3 is 9.88 Å². The average Bonchev–Trinajstić information content (AvgIpc) is 2.75. The summed E-state index contributed by atoms with van der Waals surface area (Å²) in [4.78, 5) is 15.7. The molecule has 0 spiro atoms. The Morgan fingerprint density at radius 3 is 2.89 bits per heavy atom. The molecule has 0 bridgehead atoms. The van der Waals surface area contributed by atoms with Gasteiger partial charge in [-0.1, -0.05) is 0 Å². The van der Waals surface area contributed by atoms with Crippen LogP contribution in [0.3, 0.4) is 0 Å². The Balaban J connectivity index is 2.08. The first-order chi connectivity index (χ1) is 8.58. The molecule has 1 N–H and O–H groups in total. The summed E-state index contributed by atoms with van der Waals surface area (Å²) < 4.78 is 28.0. The maximum atomic E-state index is 13.3. The molecule has 0 saturated carbocycles. The van der Waals surface area contributed by atoms with Gasteiger partial charge in [0.15, 0.2) is 0 Å². The van der Waals surface area contributed by atoms with E-state index in [2.05, 4.69) is 10.3 Å². The van der Waals surface area contributed by atoms with Crippen LogP contribution in [0.2, 0.25) is 0 Å². The Kier molecular flexibility index (Phi) is 3.36. The van der Waals surface area contributed by atoms with Crippen molar-refractivity contribution in [2.45, 2.75) is 6.54 Å². The van der Waals surface area contributed by atoms with Crippen molar-refractivity contribution in [3.63, 3.8) is 0 Å². The summed E-state index contributed by atoms with van der Waals surface area (Å²) in [5.74, 6) is -1.46. The summed E-state index contributed by atoms with van der Waals surface area (Å²) in [6.07, 6.45) is 3.31. The number of carbonyl (C=O) groups excluding carboxylic acids is 1. The van der Waals surface area contributed by atoms with Gasteiger partial charge in [0.2, 0.25) is 0 Å². The number of nitrogens with one attached hydrogen (secondary N) is 1. The van der Waals surface area contributed by atoms with Crippen molar-refractivity contribution < 1.29 is 13.6 Å². The molecule has 0 saturated heterocycles. The van der Waals surface area contributed by atoms with E-state index in [1.165, 1.54) is 0 Å². The SMILES string of the molecule is Cn1ccnc1CNC(=O)c1cc(F)ccc1F. The zero-order valence-corrected chi connectivity index (χ0v) is 9.65. The molecule has 1 aromatic heterocycles. The molecule has 2 aromatic rings. The predicted octanol–water partition coefficient (Wildman–Crippen LogP) is 1.63. The highest BCUT2D eigenvalue weighted by molar-refractivity contribution is 5.94. The average molecular weight is 251 g/mol. The van der Waals surface area contributed by atoms with Crippen LogP contribution >= 0.6 is 0 Å². The van der Waals surface area contributed by atoms with E-state index in [9.17, 15) is 13.6 Å². The molecule has 0 radical (unpaired) electrons. The van der Waals surface area contributed by atoms with Crippen LogP contribution < -0.4 is 5.32 Å². The summed E-state index contributed by atoms with van der Waals surface area (Å²) in [7, 11) is 1.78. The molecule has 0 fully saturated rings. The number of benzene rings is 1. The largest absolute Gasteiger partial charge is 0.345 e. The Hall–Kier alpha value is -2.24. The van der Waals surface area contributed by atoms with Gasteiger partial charge in [0.1, 0.15) is 17.5 Å². The fourth-order valence-corrected chi connectivity index (χ4v) is 1.49. The summed E-state index contributed by atoms with van der Waals surface area (Å²) in [6.45, 7) is 0.151. The van der Waals surface area contributed by atoms with Crippen LogP contribution in [0.5, 0.6) is 0 Å². The maximum absolute atomic E-state index is 13.3. The van der Waals surface area contributed by atoms with Crippen LogP contribution in [0, 0.1) is 11.6 Å². The van der Waals surface area contributed by atoms with Crippen molar-refractivity contribution in [3.05, 3.63) is 53.6 Å². The lowest BCUT2D eigenvalue weighted by molar-refractivity contribution is 0.0945. The minimum atomic E-state index is -0.756. The Labute approximate surface area is 102 Å². The monoisotopic (exact) mass is 251 g/mol. The highest BCUT2D eigenvalue weighted by Crippen LogP contribution is 2.09. The second-order valence-electron chi connectivity index (χ2n) is 3.76. The van der Waals surface area contributed by atoms with Crippen molar-refractivity contribution in [2.24, 2.45) is 7.05 Å². The smallest absolute Gasteiger partial charge is 0.254 e. The molecule has 18 heavy (non-hydrogen) atoms. The van der Waals surface area contributed by atoms with Gasteiger partial charge in [-0.2, -0.15) is 0 Å². The van der Waals surface area contributed by atoms with E-state index in [1.54, 1.807) is 24.0 Å². The molecule has 0 aliphatic heterocycles. The van der Waals surface area contributed by atoms with E-state index in [-0.39, 0.29) is 12.1 Å². The zero-order valence-electron chi connectivity index (χ0n) is 9.65. The number of aryl methyl sites for hydroxylation is 1. The molecule has 1 aromatic carbocycles. The van der Waals surface area contributed by atoms with Gasteiger partial charge in [-0.3, -0.25) is 4.79 Å². The van der Waals surface area contributed by atoms with Gasteiger partial charge in [0, 0.05) is 19.4 Å². The lowest BCUT2D eigenvalue weighted by Gasteiger charge is -2.06. The van der Waals surface area contributed by atoms with Gasteiger partial charge in [-0.25, -0.2) is 13.8 Å². The summed E-state index contributed by atoms with van der Waals surface area (Å²) in [6, 6.07) is 2.75. The van der Waals surface area contributed by atoms with E-state index in [4.69, 9.17) is 0 Å². The van der Waals surface area contributed by atoms with E-state index in [0.717, 1.165) is 18.2 Å². The van der Waals surface area contributed by atoms with Crippen LogP contribution in [-0.4, -0.2) is 15.5 Å². The highest BCUT2D eigenvalue weighted by atomic mass is 19.1. The number of aromatic nitrogens is 2. The van der Waals surface area contributed by atoms with Gasteiger partial charge in [-0.05, 0) is 18.2 Å². The van der Waals surface area contributed by atoms with Crippen molar-refractivity contribution in [1.29, 1.82) is 0 Å². The van der Waals surface area contributed by atoms with Crippen LogP contribution in [0.1, 0.15) is 16.2 Å². The van der Waals surface area contributed by atoms with E-state index in [0.29, 0.717) is 5.82 Å². The number of halogens is 2. The van der Waals surface area contributed by atoms with Crippen LogP contribution in [0.15, 0.2) is 30.6 Å². The number of carbonyl (C=O) groups is 1. The third kappa shape index (κ3) is 2.53. The van der Waals surface area contributed by atoms with Crippen molar-refractivity contribution in [1.82, 2.24) is 14.9 Å². The molecule has 4 nitrogen and oxygen atoms in total. The highest BCUT2D eigenvalue weighted by Gasteiger charge is 2.13. The van der Waals surface area contributed by atoms with Crippen molar-refractivity contribution >= 4 is 5.91 Å². The summed E-state index contributed by atoms with van der Waals surface area (Å²) >= 11 is 0. The molecular formula is C12H11F2N3O. The fourth-order valence-electron chi connectivity index (χ4n) is 1.49. The topological polar surface area (TPSA) is 46.9 Å². The molecule has 0 atom stereocenters. The van der Waals surface area contributed by atoms with Gasteiger partial charge in [-0.15, -0.1) is 0 Å². The first kappa shape index (κ1) is 12.2. The number of hydrogen-bond acceptors (Lipinski definition) is 2. The summed E-state index contributed by atoms with van der Waals surface area (Å²) in [5.41, 5.74) is -0.316. The molecule has 0 aliphatic carbocycles. The lowest BCUT2D eigenvalue weighted by atomic mass is 10.2. The van der Waals surface area contributed by atoms with Crippen LogP contribution in [0.4, 0.5) is 8.78 Å². The Bertz CT molecular complexity index is 580. The van der Waals surface area contributed by atoms with Crippen molar-refractivity contribution in [2.75, 3.05) is 0 Å². The van der Waals surface area contributed by atoms with Crippen molar-refractivity contribution in [3.8, 4) is 0 Å². The minimum Gasteiger partial charge on any atom is -0.345 e. The number of imidazole rings is 1. The molecule has 6 heteroatoms. The second-order valence-corrected chi connectivity index (χ2v) is 3.76. The molecule has 1 amide bonds. The van der Waals surface area contributed by atoms with Gasteiger partial charge in [0.05, 0.1) is 12.1 Å². The lowest BCUT2D eigenvalue weighted by Crippen LogP contribution is -2.25. The summed E-state index contributed by atoms with van der Waals surface area (Å²) in [5, 5.41) is 2.48. The fraction of sp³-hybridized carbons (Fsp3) is 0.167. The molecule has 94 valence electrons. The Morgan fingerprint density at radius 1 is 1.44 bits per heavy atom. The van der Waals surface area contributed by atoms with Gasteiger partial charge in [0.25, 0.3) is 5.91 Å². The van der Waals surface area contributed by atoms with E-state index >= 15 is 0 Å². The third-order valence-corrected chi connectivity index (χ3v) is 2.50. The molecule has 2 rings (SSSR count). The molecule has 0 aliphatic rings.